The second kappa shape index (κ2) is 9.27. The molecular formula is C25H25N3O2. The van der Waals surface area contributed by atoms with Gasteiger partial charge in [-0.2, -0.15) is 0 Å². The van der Waals surface area contributed by atoms with Gasteiger partial charge < -0.3 is 14.6 Å². The highest BCUT2D eigenvalue weighted by Crippen LogP contribution is 2.21. The van der Waals surface area contributed by atoms with E-state index in [4.69, 9.17) is 4.74 Å². The molecule has 0 aliphatic heterocycles. The van der Waals surface area contributed by atoms with Crippen LogP contribution >= 0.6 is 0 Å². The van der Waals surface area contributed by atoms with Crippen molar-refractivity contribution >= 4 is 16.9 Å². The fraction of sp³-hybridized carbons (Fsp3) is 0.200. The van der Waals surface area contributed by atoms with E-state index in [0.29, 0.717) is 6.54 Å². The van der Waals surface area contributed by atoms with E-state index in [1.807, 2.05) is 66.7 Å². The Morgan fingerprint density at radius 3 is 2.53 bits per heavy atom. The van der Waals surface area contributed by atoms with Gasteiger partial charge in [0.05, 0.1) is 17.6 Å². The molecule has 1 amide bonds. The van der Waals surface area contributed by atoms with E-state index in [2.05, 4.69) is 33.9 Å². The molecule has 0 bridgehead atoms. The van der Waals surface area contributed by atoms with E-state index in [0.717, 1.165) is 41.1 Å². The highest BCUT2D eigenvalue weighted by molar-refractivity contribution is 5.78. The maximum atomic E-state index is 12.4. The van der Waals surface area contributed by atoms with Crippen LogP contribution < -0.4 is 10.1 Å². The second-order valence-electron chi connectivity index (χ2n) is 7.10. The minimum atomic E-state index is -0.167. The summed E-state index contributed by atoms with van der Waals surface area (Å²) in [7, 11) is 0. The van der Waals surface area contributed by atoms with E-state index in [1.165, 1.54) is 5.56 Å². The summed E-state index contributed by atoms with van der Waals surface area (Å²) in [6.07, 6.45) is 0.763. The van der Waals surface area contributed by atoms with Crippen molar-refractivity contribution in [1.29, 1.82) is 0 Å². The van der Waals surface area contributed by atoms with Gasteiger partial charge in [0.25, 0.3) is 5.91 Å². The number of nitrogens with one attached hydrogen (secondary N) is 1. The van der Waals surface area contributed by atoms with Crippen molar-refractivity contribution in [2.45, 2.75) is 26.4 Å². The van der Waals surface area contributed by atoms with Crippen molar-refractivity contribution in [3.05, 3.63) is 95.8 Å². The van der Waals surface area contributed by atoms with Crippen LogP contribution in [-0.4, -0.2) is 22.1 Å². The van der Waals surface area contributed by atoms with E-state index in [9.17, 15) is 4.79 Å². The number of imidazole rings is 1. The molecule has 0 unspecified atom stereocenters. The molecule has 0 radical (unpaired) electrons. The molecule has 0 aliphatic rings. The first-order valence-electron chi connectivity index (χ1n) is 10.2. The number of carbonyl (C=O) groups is 1. The summed E-state index contributed by atoms with van der Waals surface area (Å²) in [6.45, 7) is 3.22. The lowest BCUT2D eigenvalue weighted by Crippen LogP contribution is -2.29. The minimum Gasteiger partial charge on any atom is -0.483 e. The Bertz CT molecular complexity index is 1140. The third kappa shape index (κ3) is 4.51. The largest absolute Gasteiger partial charge is 0.483 e. The van der Waals surface area contributed by atoms with Gasteiger partial charge in [-0.1, -0.05) is 60.7 Å². The molecule has 0 atom stereocenters. The molecule has 0 aliphatic carbocycles. The van der Waals surface area contributed by atoms with Crippen LogP contribution in [0.3, 0.4) is 0 Å². The van der Waals surface area contributed by atoms with Gasteiger partial charge in [-0.3, -0.25) is 4.79 Å². The number of aryl methyl sites for hydroxylation is 1. The predicted molar refractivity (Wildman–Crippen MR) is 118 cm³/mol. The quantitative estimate of drug-likeness (QED) is 0.479. The number of rotatable bonds is 8. The molecule has 3 aromatic carbocycles. The van der Waals surface area contributed by atoms with Crippen LogP contribution in [0.1, 0.15) is 23.9 Å². The molecule has 4 aromatic rings. The lowest BCUT2D eigenvalue weighted by molar-refractivity contribution is -0.123. The molecule has 152 valence electrons. The fourth-order valence-electron chi connectivity index (χ4n) is 3.59. The maximum Gasteiger partial charge on any atom is 0.258 e. The standard InChI is InChI=1S/C25H25N3O2/c1-2-28-22-14-8-7-13-21(22)27-24(28)17-26-25(29)18-30-23-15-9-6-12-20(23)16-19-10-4-3-5-11-19/h3-15H,2,16-18H2,1H3,(H,26,29). The van der Waals surface area contributed by atoms with Crippen molar-refractivity contribution in [2.75, 3.05) is 6.61 Å². The monoisotopic (exact) mass is 399 g/mol. The molecule has 1 heterocycles. The molecule has 30 heavy (non-hydrogen) atoms. The highest BCUT2D eigenvalue weighted by atomic mass is 16.5. The molecule has 0 saturated carbocycles. The number of nitrogens with zero attached hydrogens (tertiary/aromatic N) is 2. The van der Waals surface area contributed by atoms with Gasteiger partial charge in [-0.05, 0) is 36.2 Å². The minimum absolute atomic E-state index is 0.0296. The van der Waals surface area contributed by atoms with E-state index in [-0.39, 0.29) is 12.5 Å². The van der Waals surface area contributed by atoms with E-state index < -0.39 is 0 Å². The Morgan fingerprint density at radius 2 is 1.70 bits per heavy atom. The molecule has 4 rings (SSSR count). The number of fused-ring (bicyclic) bond motifs is 1. The number of hydrogen-bond donors (Lipinski definition) is 1. The van der Waals surface area contributed by atoms with Gasteiger partial charge in [-0.15, -0.1) is 0 Å². The average molecular weight is 399 g/mol. The van der Waals surface area contributed by atoms with E-state index >= 15 is 0 Å². The topological polar surface area (TPSA) is 56.2 Å². The number of hydrogen-bond acceptors (Lipinski definition) is 3. The summed E-state index contributed by atoms with van der Waals surface area (Å²) in [6, 6.07) is 26.1. The van der Waals surface area contributed by atoms with Crippen LogP contribution in [0.5, 0.6) is 5.75 Å². The van der Waals surface area contributed by atoms with Gasteiger partial charge in [0.1, 0.15) is 11.6 Å². The Labute approximate surface area is 176 Å². The summed E-state index contributed by atoms with van der Waals surface area (Å²) < 4.78 is 7.95. The Morgan fingerprint density at radius 1 is 0.967 bits per heavy atom. The van der Waals surface area contributed by atoms with Crippen molar-refractivity contribution in [3.63, 3.8) is 0 Å². The zero-order valence-corrected chi connectivity index (χ0v) is 17.0. The lowest BCUT2D eigenvalue weighted by atomic mass is 10.0. The molecule has 0 spiro atoms. The van der Waals surface area contributed by atoms with Gasteiger partial charge in [0.15, 0.2) is 6.61 Å². The molecular weight excluding hydrogens is 374 g/mol. The third-order valence-electron chi connectivity index (χ3n) is 5.06. The van der Waals surface area contributed by atoms with Gasteiger partial charge in [0.2, 0.25) is 0 Å². The molecule has 5 heteroatoms. The van der Waals surface area contributed by atoms with Crippen molar-refractivity contribution < 1.29 is 9.53 Å². The first-order chi connectivity index (χ1) is 14.7. The maximum absolute atomic E-state index is 12.4. The van der Waals surface area contributed by atoms with Crippen molar-refractivity contribution in [3.8, 4) is 5.75 Å². The molecule has 1 N–H and O–H groups in total. The normalized spacial score (nSPS) is 10.8. The van der Waals surface area contributed by atoms with Crippen LogP contribution in [0.15, 0.2) is 78.9 Å². The number of para-hydroxylation sites is 3. The third-order valence-corrected chi connectivity index (χ3v) is 5.06. The first-order valence-corrected chi connectivity index (χ1v) is 10.2. The zero-order chi connectivity index (χ0) is 20.8. The Kier molecular flexibility index (Phi) is 6.09. The molecule has 0 fully saturated rings. The number of amides is 1. The zero-order valence-electron chi connectivity index (χ0n) is 17.0. The first kappa shape index (κ1) is 19.7. The van der Waals surface area contributed by atoms with Crippen LogP contribution in [-0.2, 0) is 24.3 Å². The van der Waals surface area contributed by atoms with Crippen LogP contribution in [0.2, 0.25) is 0 Å². The number of ether oxygens (including phenoxy) is 1. The Hall–Kier alpha value is -3.60. The number of aromatic nitrogens is 2. The second-order valence-corrected chi connectivity index (χ2v) is 7.10. The molecule has 0 saturated heterocycles. The van der Waals surface area contributed by atoms with Crippen molar-refractivity contribution in [2.24, 2.45) is 0 Å². The summed E-state index contributed by atoms with van der Waals surface area (Å²) in [5, 5.41) is 2.93. The Balaban J connectivity index is 1.37. The van der Waals surface area contributed by atoms with Crippen LogP contribution in [0.4, 0.5) is 0 Å². The molecule has 5 nitrogen and oxygen atoms in total. The van der Waals surface area contributed by atoms with Gasteiger partial charge >= 0.3 is 0 Å². The van der Waals surface area contributed by atoms with Crippen LogP contribution in [0, 0.1) is 0 Å². The van der Waals surface area contributed by atoms with Gasteiger partial charge in [0, 0.05) is 13.0 Å². The predicted octanol–water partition coefficient (Wildman–Crippen LogP) is 4.34. The highest BCUT2D eigenvalue weighted by Gasteiger charge is 2.11. The smallest absolute Gasteiger partial charge is 0.258 e. The van der Waals surface area contributed by atoms with Gasteiger partial charge in [-0.25, -0.2) is 4.98 Å². The summed E-state index contributed by atoms with van der Waals surface area (Å²) in [4.78, 5) is 17.0. The van der Waals surface area contributed by atoms with Crippen LogP contribution in [0.25, 0.3) is 11.0 Å². The number of carbonyl (C=O) groups excluding carboxylic acids is 1. The number of benzene rings is 3. The summed E-state index contributed by atoms with van der Waals surface area (Å²) in [5.41, 5.74) is 4.28. The molecule has 1 aromatic heterocycles. The summed E-state index contributed by atoms with van der Waals surface area (Å²) in [5.74, 6) is 1.41. The SMILES string of the molecule is CCn1c(CNC(=O)COc2ccccc2Cc2ccccc2)nc2ccccc21. The van der Waals surface area contributed by atoms with Crippen molar-refractivity contribution in [1.82, 2.24) is 14.9 Å². The lowest BCUT2D eigenvalue weighted by Gasteiger charge is -2.12. The van der Waals surface area contributed by atoms with E-state index in [1.54, 1.807) is 0 Å². The average Bonchev–Trinajstić information content (AvgIpc) is 3.15. The summed E-state index contributed by atoms with van der Waals surface area (Å²) >= 11 is 0. The fourth-order valence-corrected chi connectivity index (χ4v) is 3.59.